The molecule has 1 saturated heterocycles. The number of hydrogen-bond donors (Lipinski definition) is 1. The Morgan fingerprint density at radius 1 is 0.933 bits per heavy atom. The molecule has 0 aromatic heterocycles. The van der Waals surface area contributed by atoms with Gasteiger partial charge in [0.2, 0.25) is 0 Å². The molecule has 0 atom stereocenters. The molecule has 0 aromatic rings. The van der Waals surface area contributed by atoms with E-state index >= 15 is 0 Å². The smallest absolute Gasteiger partial charge is 0.0594 e. The minimum absolute atomic E-state index is 0. The third-order valence-corrected chi connectivity index (χ3v) is 3.30. The van der Waals surface area contributed by atoms with Gasteiger partial charge in [-0.3, -0.25) is 4.90 Å². The third kappa shape index (κ3) is 4.45. The third-order valence-electron chi connectivity index (χ3n) is 3.30. The normalized spacial score (nSPS) is 32.6. The summed E-state index contributed by atoms with van der Waals surface area (Å²) < 4.78 is 5.35. The minimum atomic E-state index is 0. The molecule has 15 heavy (non-hydrogen) atoms. The number of rotatable bonds is 1. The lowest BCUT2D eigenvalue weighted by Crippen LogP contribution is -2.46. The van der Waals surface area contributed by atoms with E-state index in [2.05, 4.69) is 4.90 Å². The predicted octanol–water partition coefficient (Wildman–Crippen LogP) is 1.43. The Labute approximate surface area is 105 Å². The lowest BCUT2D eigenvalue weighted by atomic mass is 9.90. The van der Waals surface area contributed by atoms with E-state index in [-0.39, 0.29) is 24.8 Å². The van der Waals surface area contributed by atoms with E-state index in [1.165, 1.54) is 25.7 Å². The van der Waals surface area contributed by atoms with Gasteiger partial charge in [-0.05, 0) is 25.7 Å². The van der Waals surface area contributed by atoms with Crippen LogP contribution in [0.4, 0.5) is 0 Å². The molecule has 92 valence electrons. The van der Waals surface area contributed by atoms with Gasteiger partial charge in [0.15, 0.2) is 0 Å². The van der Waals surface area contributed by atoms with Crippen molar-refractivity contribution in [1.82, 2.24) is 4.90 Å². The van der Waals surface area contributed by atoms with Crippen LogP contribution in [0.1, 0.15) is 25.7 Å². The summed E-state index contributed by atoms with van der Waals surface area (Å²) in [5.41, 5.74) is 5.88. The predicted molar refractivity (Wildman–Crippen MR) is 67.1 cm³/mol. The van der Waals surface area contributed by atoms with Crippen LogP contribution in [0, 0.1) is 0 Å². The molecular weight excluding hydrogens is 235 g/mol. The van der Waals surface area contributed by atoms with Gasteiger partial charge in [0.05, 0.1) is 13.2 Å². The molecule has 0 unspecified atom stereocenters. The summed E-state index contributed by atoms with van der Waals surface area (Å²) in [4.78, 5) is 2.58. The van der Waals surface area contributed by atoms with Crippen LogP contribution in [0.15, 0.2) is 0 Å². The first-order chi connectivity index (χ1) is 6.36. The monoisotopic (exact) mass is 256 g/mol. The van der Waals surface area contributed by atoms with Gasteiger partial charge < -0.3 is 10.5 Å². The fourth-order valence-corrected chi connectivity index (χ4v) is 2.41. The van der Waals surface area contributed by atoms with Gasteiger partial charge in [0.25, 0.3) is 0 Å². The zero-order valence-electron chi connectivity index (χ0n) is 9.06. The van der Waals surface area contributed by atoms with Gasteiger partial charge in [-0.15, -0.1) is 24.8 Å². The van der Waals surface area contributed by atoms with Crippen molar-refractivity contribution in [2.24, 2.45) is 5.73 Å². The molecule has 1 saturated carbocycles. The molecule has 5 heteroatoms. The Bertz CT molecular complexity index is 158. The topological polar surface area (TPSA) is 38.5 Å². The average molecular weight is 257 g/mol. The zero-order valence-corrected chi connectivity index (χ0v) is 10.7. The molecule has 0 aromatic carbocycles. The minimum Gasteiger partial charge on any atom is -0.379 e. The summed E-state index contributed by atoms with van der Waals surface area (Å²) in [5, 5.41) is 0. The van der Waals surface area contributed by atoms with Crippen LogP contribution in [-0.4, -0.2) is 43.3 Å². The average Bonchev–Trinajstić information content (AvgIpc) is 2.20. The molecule has 1 heterocycles. The van der Waals surface area contributed by atoms with E-state index in [0.717, 1.165) is 32.3 Å². The number of ether oxygens (including phenoxy) is 1. The highest BCUT2D eigenvalue weighted by Gasteiger charge is 2.25. The first kappa shape index (κ1) is 15.5. The van der Waals surface area contributed by atoms with Crippen LogP contribution in [0.5, 0.6) is 0 Å². The molecule has 1 aliphatic carbocycles. The van der Waals surface area contributed by atoms with Gasteiger partial charge in [0, 0.05) is 25.2 Å². The first-order valence-corrected chi connectivity index (χ1v) is 5.43. The molecular formula is C10H22Cl2N2O. The Balaban J connectivity index is 0.000000980. The van der Waals surface area contributed by atoms with Crippen LogP contribution >= 0.6 is 24.8 Å². The van der Waals surface area contributed by atoms with Gasteiger partial charge in [-0.2, -0.15) is 0 Å². The van der Waals surface area contributed by atoms with Gasteiger partial charge >= 0.3 is 0 Å². The highest BCUT2D eigenvalue weighted by molar-refractivity contribution is 5.85. The number of nitrogens with zero attached hydrogens (tertiary/aromatic N) is 1. The SMILES string of the molecule is Cl.Cl.NC1CCC(N2CCOCC2)CC1. The zero-order chi connectivity index (χ0) is 9.10. The second-order valence-corrected chi connectivity index (χ2v) is 4.22. The highest BCUT2D eigenvalue weighted by Crippen LogP contribution is 2.22. The van der Waals surface area contributed by atoms with Gasteiger partial charge in [-0.1, -0.05) is 0 Å². The van der Waals surface area contributed by atoms with Crippen LogP contribution in [-0.2, 0) is 4.74 Å². The fraction of sp³-hybridized carbons (Fsp3) is 1.00. The van der Waals surface area contributed by atoms with Crippen molar-refractivity contribution in [1.29, 1.82) is 0 Å². The van der Waals surface area contributed by atoms with Crippen molar-refractivity contribution >= 4 is 24.8 Å². The summed E-state index contributed by atoms with van der Waals surface area (Å²) in [5.74, 6) is 0. The maximum absolute atomic E-state index is 5.88. The van der Waals surface area contributed by atoms with Crippen molar-refractivity contribution in [3.63, 3.8) is 0 Å². The quantitative estimate of drug-likeness (QED) is 0.772. The van der Waals surface area contributed by atoms with Crippen LogP contribution in [0.25, 0.3) is 0 Å². The molecule has 2 rings (SSSR count). The Hall–Kier alpha value is 0.460. The van der Waals surface area contributed by atoms with Crippen LogP contribution in [0.3, 0.4) is 0 Å². The summed E-state index contributed by atoms with van der Waals surface area (Å²) in [6.45, 7) is 4.09. The molecule has 0 spiro atoms. The number of hydrogen-bond acceptors (Lipinski definition) is 3. The largest absolute Gasteiger partial charge is 0.379 e. The summed E-state index contributed by atoms with van der Waals surface area (Å²) in [6, 6.07) is 1.26. The van der Waals surface area contributed by atoms with Crippen LogP contribution in [0.2, 0.25) is 0 Å². The van der Waals surface area contributed by atoms with Crippen molar-refractivity contribution in [2.75, 3.05) is 26.3 Å². The van der Waals surface area contributed by atoms with Gasteiger partial charge in [0.1, 0.15) is 0 Å². The maximum atomic E-state index is 5.88. The molecule has 2 N–H and O–H groups in total. The van der Waals surface area contributed by atoms with E-state index in [9.17, 15) is 0 Å². The highest BCUT2D eigenvalue weighted by atomic mass is 35.5. The standard InChI is InChI=1S/C10H20N2O.2ClH/c11-9-1-3-10(4-2-9)12-5-7-13-8-6-12;;/h9-10H,1-8,11H2;2*1H. The second kappa shape index (κ2) is 7.69. The van der Waals surface area contributed by atoms with Crippen molar-refractivity contribution < 1.29 is 4.74 Å². The van der Waals surface area contributed by atoms with E-state index in [1.807, 2.05) is 0 Å². The van der Waals surface area contributed by atoms with Crippen molar-refractivity contribution in [3.8, 4) is 0 Å². The number of nitrogens with two attached hydrogens (primary N) is 1. The maximum Gasteiger partial charge on any atom is 0.0594 e. The van der Waals surface area contributed by atoms with Crippen molar-refractivity contribution in [3.05, 3.63) is 0 Å². The summed E-state index contributed by atoms with van der Waals surface area (Å²) >= 11 is 0. The first-order valence-electron chi connectivity index (χ1n) is 5.43. The Kier molecular flexibility index (Phi) is 7.92. The molecule has 0 amide bonds. The molecule has 3 nitrogen and oxygen atoms in total. The molecule has 2 aliphatic rings. The lowest BCUT2D eigenvalue weighted by molar-refractivity contribution is 0.00749. The van der Waals surface area contributed by atoms with Crippen molar-refractivity contribution in [2.45, 2.75) is 37.8 Å². The molecule has 0 bridgehead atoms. The van der Waals surface area contributed by atoms with E-state index in [1.54, 1.807) is 0 Å². The van der Waals surface area contributed by atoms with E-state index in [4.69, 9.17) is 10.5 Å². The van der Waals surface area contributed by atoms with Gasteiger partial charge in [-0.25, -0.2) is 0 Å². The summed E-state index contributed by atoms with van der Waals surface area (Å²) in [7, 11) is 0. The Morgan fingerprint density at radius 3 is 2.00 bits per heavy atom. The fourth-order valence-electron chi connectivity index (χ4n) is 2.41. The number of morpholine rings is 1. The second-order valence-electron chi connectivity index (χ2n) is 4.22. The molecule has 2 fully saturated rings. The van der Waals surface area contributed by atoms with E-state index in [0.29, 0.717) is 6.04 Å². The Morgan fingerprint density at radius 2 is 1.47 bits per heavy atom. The molecule has 0 radical (unpaired) electrons. The lowest BCUT2D eigenvalue weighted by Gasteiger charge is -2.38. The number of halogens is 2. The van der Waals surface area contributed by atoms with E-state index < -0.39 is 0 Å². The van der Waals surface area contributed by atoms with Crippen LogP contribution < -0.4 is 5.73 Å². The summed E-state index contributed by atoms with van der Waals surface area (Å²) in [6.07, 6.45) is 5.01. The molecule has 1 aliphatic heterocycles.